The zero-order chi connectivity index (χ0) is 27.9. The number of aromatic amines is 1. The number of aromatic nitrogens is 1. The molecule has 0 spiro atoms. The van der Waals surface area contributed by atoms with E-state index in [-0.39, 0.29) is 0 Å². The molecule has 2 aromatic heterocycles. The topological polar surface area (TPSA) is 79.7 Å². The SMILES string of the molecule is CN(C)CCc1c[nH]c2cccc(OC(=O)OC(C)(C)C)c12.CN[C@@H](C)CC1=CCc2oc(C)cc2C=C1. The first-order valence-corrected chi connectivity index (χ1v) is 13.2. The highest BCUT2D eigenvalue weighted by molar-refractivity contribution is 5.90. The van der Waals surface area contributed by atoms with Gasteiger partial charge in [-0.2, -0.15) is 0 Å². The molecule has 0 radical (unpaired) electrons. The molecular formula is C31H43N3O4. The summed E-state index contributed by atoms with van der Waals surface area (Å²) >= 11 is 0. The van der Waals surface area contributed by atoms with Crippen molar-refractivity contribution in [2.75, 3.05) is 27.7 Å². The number of likely N-dealkylation sites (N-methyl/N-ethyl adjacent to an activating group) is 1. The number of benzene rings is 1. The van der Waals surface area contributed by atoms with Gasteiger partial charge in [0.05, 0.1) is 0 Å². The number of fused-ring (bicyclic) bond motifs is 2. The summed E-state index contributed by atoms with van der Waals surface area (Å²) in [4.78, 5) is 17.3. The molecule has 206 valence electrons. The molecule has 0 unspecified atom stereocenters. The molecule has 0 fully saturated rings. The number of H-pyrrole nitrogens is 1. The smallest absolute Gasteiger partial charge is 0.465 e. The number of nitrogens with zero attached hydrogens (tertiary/aromatic N) is 1. The summed E-state index contributed by atoms with van der Waals surface area (Å²) in [6.45, 7) is 10.6. The van der Waals surface area contributed by atoms with Gasteiger partial charge >= 0.3 is 6.16 Å². The van der Waals surface area contributed by atoms with Crippen LogP contribution in [0.25, 0.3) is 17.0 Å². The molecule has 0 bridgehead atoms. The van der Waals surface area contributed by atoms with E-state index in [1.54, 1.807) is 6.07 Å². The van der Waals surface area contributed by atoms with Crippen LogP contribution in [-0.4, -0.2) is 55.4 Å². The molecular weight excluding hydrogens is 478 g/mol. The van der Waals surface area contributed by atoms with E-state index in [9.17, 15) is 4.79 Å². The Balaban J connectivity index is 0.000000221. The molecule has 4 rings (SSSR count). The minimum Gasteiger partial charge on any atom is -0.465 e. The number of rotatable bonds is 7. The molecule has 1 aliphatic carbocycles. The van der Waals surface area contributed by atoms with E-state index in [1.165, 1.54) is 11.1 Å². The predicted molar refractivity (Wildman–Crippen MR) is 155 cm³/mol. The normalized spacial score (nSPS) is 13.9. The van der Waals surface area contributed by atoms with Gasteiger partial charge in [0.1, 0.15) is 22.9 Å². The van der Waals surface area contributed by atoms with Crippen molar-refractivity contribution in [3.8, 4) is 5.75 Å². The predicted octanol–water partition coefficient (Wildman–Crippen LogP) is 6.67. The Morgan fingerprint density at radius 1 is 1.24 bits per heavy atom. The Labute approximate surface area is 226 Å². The summed E-state index contributed by atoms with van der Waals surface area (Å²) in [6, 6.07) is 8.23. The first kappa shape index (κ1) is 29.3. The van der Waals surface area contributed by atoms with Gasteiger partial charge in [-0.1, -0.05) is 29.9 Å². The van der Waals surface area contributed by atoms with Crippen LogP contribution in [0, 0.1) is 6.92 Å². The second kappa shape index (κ2) is 13.0. The van der Waals surface area contributed by atoms with Crippen LogP contribution < -0.4 is 10.1 Å². The first-order valence-electron chi connectivity index (χ1n) is 13.2. The molecule has 1 atom stereocenters. The maximum Gasteiger partial charge on any atom is 0.514 e. The Morgan fingerprint density at radius 3 is 2.68 bits per heavy atom. The van der Waals surface area contributed by atoms with Crippen molar-refractivity contribution in [1.82, 2.24) is 15.2 Å². The van der Waals surface area contributed by atoms with Gasteiger partial charge in [0.25, 0.3) is 0 Å². The van der Waals surface area contributed by atoms with Gasteiger partial charge in [0.15, 0.2) is 0 Å². The van der Waals surface area contributed by atoms with Crippen molar-refractivity contribution in [2.24, 2.45) is 0 Å². The van der Waals surface area contributed by atoms with Crippen LogP contribution in [0.4, 0.5) is 4.79 Å². The number of nitrogens with one attached hydrogen (secondary N) is 2. The van der Waals surface area contributed by atoms with Gasteiger partial charge in [0.2, 0.25) is 0 Å². The van der Waals surface area contributed by atoms with E-state index in [2.05, 4.69) is 46.4 Å². The molecule has 2 heterocycles. The van der Waals surface area contributed by atoms with Crippen molar-refractivity contribution < 1.29 is 18.7 Å². The minimum atomic E-state index is -0.681. The third-order valence-corrected chi connectivity index (χ3v) is 6.19. The number of ether oxygens (including phenoxy) is 2. The first-order chi connectivity index (χ1) is 17.9. The lowest BCUT2D eigenvalue weighted by Crippen LogP contribution is -2.26. The fraction of sp³-hybridized carbons (Fsp3) is 0.452. The Morgan fingerprint density at radius 2 is 2.00 bits per heavy atom. The molecule has 0 aliphatic heterocycles. The van der Waals surface area contributed by atoms with Crippen molar-refractivity contribution >= 4 is 23.1 Å². The van der Waals surface area contributed by atoms with Gasteiger partial charge in [-0.15, -0.1) is 0 Å². The second-order valence-corrected chi connectivity index (χ2v) is 11.1. The molecule has 2 N–H and O–H groups in total. The summed E-state index contributed by atoms with van der Waals surface area (Å²) in [7, 11) is 6.07. The third kappa shape index (κ3) is 8.64. The van der Waals surface area contributed by atoms with Crippen molar-refractivity contribution in [3.05, 3.63) is 70.8 Å². The van der Waals surface area contributed by atoms with Crippen LogP contribution in [-0.2, 0) is 17.6 Å². The van der Waals surface area contributed by atoms with Gasteiger partial charge in [-0.05, 0) is 92.4 Å². The molecule has 7 nitrogen and oxygen atoms in total. The Hall–Kier alpha value is -3.29. The molecule has 0 amide bonds. The number of allylic oxidation sites excluding steroid dienone is 2. The summed E-state index contributed by atoms with van der Waals surface area (Å²) in [5.74, 6) is 2.61. The lowest BCUT2D eigenvalue weighted by Gasteiger charge is -2.19. The number of carbonyl (C=O) groups excluding carboxylic acids is 1. The van der Waals surface area contributed by atoms with E-state index < -0.39 is 11.8 Å². The standard InChI is InChI=1S/C17H24N2O3.C14H19NO/c1-17(2,3)22-16(20)21-14-8-6-7-13-15(14)12(11-18-13)9-10-19(4)5;1-10(15-3)8-12-4-6-13-9-11(2)16-14(13)7-5-12/h6-8,11,18H,9-10H2,1-5H3;4-6,9-10,15H,7-8H2,1-3H3/t;10-/m.0/s1. The van der Waals surface area contributed by atoms with Crippen molar-refractivity contribution in [2.45, 2.75) is 65.5 Å². The molecule has 7 heteroatoms. The number of aryl methyl sites for hydroxylation is 1. The molecule has 1 aromatic carbocycles. The monoisotopic (exact) mass is 521 g/mol. The van der Waals surface area contributed by atoms with Gasteiger partial charge < -0.3 is 29.1 Å². The fourth-order valence-corrected chi connectivity index (χ4v) is 4.18. The van der Waals surface area contributed by atoms with E-state index in [1.807, 2.05) is 67.2 Å². The minimum absolute atomic E-state index is 0.516. The molecule has 0 saturated heterocycles. The Kier molecular flexibility index (Phi) is 10.00. The molecule has 3 aromatic rings. The quantitative estimate of drug-likeness (QED) is 0.267. The summed E-state index contributed by atoms with van der Waals surface area (Å²) < 4.78 is 16.3. The van der Waals surface area contributed by atoms with Crippen molar-refractivity contribution in [1.29, 1.82) is 0 Å². The lowest BCUT2D eigenvalue weighted by atomic mass is 10.1. The average Bonchev–Trinajstić information content (AvgIpc) is 3.36. The summed E-state index contributed by atoms with van der Waals surface area (Å²) in [5, 5.41) is 4.20. The summed E-state index contributed by atoms with van der Waals surface area (Å²) in [5.41, 5.74) is 4.11. The van der Waals surface area contributed by atoms with Gasteiger partial charge in [0, 0.05) is 41.7 Å². The van der Waals surface area contributed by atoms with E-state index in [0.29, 0.717) is 11.8 Å². The number of hydrogen-bond donors (Lipinski definition) is 2. The maximum atomic E-state index is 11.9. The van der Waals surface area contributed by atoms with Crippen LogP contribution in [0.3, 0.4) is 0 Å². The van der Waals surface area contributed by atoms with Crippen LogP contribution in [0.15, 0.2) is 52.6 Å². The maximum absolute atomic E-state index is 11.9. The van der Waals surface area contributed by atoms with Crippen LogP contribution >= 0.6 is 0 Å². The summed E-state index contributed by atoms with van der Waals surface area (Å²) in [6.07, 6.45) is 10.8. The van der Waals surface area contributed by atoms with Crippen LogP contribution in [0.2, 0.25) is 0 Å². The molecule has 1 aliphatic rings. The number of furan rings is 1. The van der Waals surface area contributed by atoms with Crippen LogP contribution in [0.1, 0.15) is 56.8 Å². The van der Waals surface area contributed by atoms with E-state index in [0.717, 1.165) is 53.8 Å². The van der Waals surface area contributed by atoms with E-state index >= 15 is 0 Å². The lowest BCUT2D eigenvalue weighted by molar-refractivity contribution is 0.0209. The molecule has 38 heavy (non-hydrogen) atoms. The Bertz CT molecular complexity index is 1270. The van der Waals surface area contributed by atoms with Gasteiger partial charge in [-0.25, -0.2) is 4.79 Å². The second-order valence-electron chi connectivity index (χ2n) is 11.1. The van der Waals surface area contributed by atoms with Crippen LogP contribution in [0.5, 0.6) is 5.75 Å². The fourth-order valence-electron chi connectivity index (χ4n) is 4.18. The average molecular weight is 522 g/mol. The highest BCUT2D eigenvalue weighted by Gasteiger charge is 2.20. The third-order valence-electron chi connectivity index (χ3n) is 6.19. The van der Waals surface area contributed by atoms with E-state index in [4.69, 9.17) is 13.9 Å². The highest BCUT2D eigenvalue weighted by atomic mass is 16.7. The largest absolute Gasteiger partial charge is 0.514 e. The zero-order valence-electron chi connectivity index (χ0n) is 24.1. The van der Waals surface area contributed by atoms with Crippen molar-refractivity contribution in [3.63, 3.8) is 0 Å². The number of hydrogen-bond acceptors (Lipinski definition) is 6. The van der Waals surface area contributed by atoms with Gasteiger partial charge in [-0.3, -0.25) is 0 Å². The number of carbonyl (C=O) groups is 1. The highest BCUT2D eigenvalue weighted by Crippen LogP contribution is 2.30. The molecule has 0 saturated carbocycles. The zero-order valence-corrected chi connectivity index (χ0v) is 24.1.